The SMILES string of the molecule is CC(NC(=O)N1C[C@@H]2CCC[C@@]2(C(=O)O)C1)c1nc(C(F)(F)F)cs1. The number of thiazole rings is 1. The van der Waals surface area contributed by atoms with Gasteiger partial charge in [0.05, 0.1) is 11.5 Å². The quantitative estimate of drug-likeness (QED) is 0.848. The van der Waals surface area contributed by atoms with Gasteiger partial charge in [-0.1, -0.05) is 6.42 Å². The number of aliphatic carboxylic acids is 1. The lowest BCUT2D eigenvalue weighted by atomic mass is 9.81. The van der Waals surface area contributed by atoms with Crippen molar-refractivity contribution in [3.8, 4) is 0 Å². The molecule has 1 saturated heterocycles. The highest BCUT2D eigenvalue weighted by Crippen LogP contribution is 2.48. The van der Waals surface area contributed by atoms with Gasteiger partial charge in [-0.2, -0.15) is 13.2 Å². The van der Waals surface area contributed by atoms with Crippen LogP contribution in [0, 0.1) is 11.3 Å². The van der Waals surface area contributed by atoms with Gasteiger partial charge >= 0.3 is 18.2 Å². The summed E-state index contributed by atoms with van der Waals surface area (Å²) < 4.78 is 37.8. The third-order valence-corrected chi connectivity index (χ3v) is 6.13. The molecule has 6 nitrogen and oxygen atoms in total. The molecule has 1 aliphatic heterocycles. The molecular formula is C15H18F3N3O3S. The van der Waals surface area contributed by atoms with Crippen LogP contribution in [0.5, 0.6) is 0 Å². The standard InChI is InChI=1S/C15H18F3N3O3S/c1-8(11-20-10(6-25-11)15(16,17)18)19-13(24)21-5-9-3-2-4-14(9,7-21)12(22)23/h6,8-9H,2-5,7H2,1H3,(H,19,24)(H,22,23)/t8?,9-,14+/m0/s1. The summed E-state index contributed by atoms with van der Waals surface area (Å²) in [6.45, 7) is 2.05. The zero-order valence-electron chi connectivity index (χ0n) is 13.5. The van der Waals surface area contributed by atoms with Crippen molar-refractivity contribution in [1.82, 2.24) is 15.2 Å². The van der Waals surface area contributed by atoms with E-state index in [1.165, 1.54) is 4.90 Å². The maximum Gasteiger partial charge on any atom is 0.434 e. The molecule has 1 unspecified atom stereocenters. The van der Waals surface area contributed by atoms with Crippen LogP contribution in [0.25, 0.3) is 0 Å². The number of carboxylic acids is 1. The van der Waals surface area contributed by atoms with E-state index >= 15 is 0 Å². The molecule has 1 saturated carbocycles. The molecule has 1 aliphatic carbocycles. The number of aromatic nitrogens is 1. The lowest BCUT2D eigenvalue weighted by Gasteiger charge is -2.24. The molecule has 10 heteroatoms. The van der Waals surface area contributed by atoms with Crippen LogP contribution in [0.4, 0.5) is 18.0 Å². The summed E-state index contributed by atoms with van der Waals surface area (Å²) in [5.41, 5.74) is -1.86. The summed E-state index contributed by atoms with van der Waals surface area (Å²) in [5.74, 6) is -0.948. The van der Waals surface area contributed by atoms with Gasteiger partial charge in [0.2, 0.25) is 0 Å². The molecule has 138 valence electrons. The van der Waals surface area contributed by atoms with E-state index in [9.17, 15) is 27.9 Å². The monoisotopic (exact) mass is 377 g/mol. The number of nitrogens with zero attached hydrogens (tertiary/aromatic N) is 2. The van der Waals surface area contributed by atoms with Crippen molar-refractivity contribution >= 4 is 23.3 Å². The van der Waals surface area contributed by atoms with Gasteiger partial charge in [-0.05, 0) is 25.7 Å². The molecule has 25 heavy (non-hydrogen) atoms. The van der Waals surface area contributed by atoms with Crippen molar-refractivity contribution in [2.75, 3.05) is 13.1 Å². The predicted octanol–water partition coefficient (Wildman–Crippen LogP) is 3.12. The Hall–Kier alpha value is -1.84. The van der Waals surface area contributed by atoms with Gasteiger partial charge in [-0.25, -0.2) is 9.78 Å². The van der Waals surface area contributed by atoms with Crippen LogP contribution in [-0.2, 0) is 11.0 Å². The molecule has 2 amide bonds. The van der Waals surface area contributed by atoms with E-state index in [0.29, 0.717) is 13.0 Å². The molecule has 2 aliphatic rings. The number of hydrogen-bond acceptors (Lipinski definition) is 4. The van der Waals surface area contributed by atoms with Gasteiger partial charge in [0, 0.05) is 18.5 Å². The van der Waals surface area contributed by atoms with E-state index in [-0.39, 0.29) is 17.5 Å². The number of nitrogens with one attached hydrogen (secondary N) is 1. The predicted molar refractivity (Wildman–Crippen MR) is 83.0 cm³/mol. The summed E-state index contributed by atoms with van der Waals surface area (Å²) in [4.78, 5) is 29.0. The molecule has 0 bridgehead atoms. The van der Waals surface area contributed by atoms with Gasteiger partial charge in [0.1, 0.15) is 5.01 Å². The third-order valence-electron chi connectivity index (χ3n) is 5.11. The topological polar surface area (TPSA) is 82.5 Å². The number of halogens is 3. The first-order valence-electron chi connectivity index (χ1n) is 7.95. The van der Waals surface area contributed by atoms with Gasteiger partial charge in [-0.3, -0.25) is 4.79 Å². The number of amides is 2. The number of hydrogen-bond donors (Lipinski definition) is 2. The Bertz CT molecular complexity index is 693. The van der Waals surface area contributed by atoms with Crippen molar-refractivity contribution in [3.63, 3.8) is 0 Å². The van der Waals surface area contributed by atoms with E-state index in [0.717, 1.165) is 29.6 Å². The van der Waals surface area contributed by atoms with Gasteiger partial charge in [-0.15, -0.1) is 11.3 Å². The summed E-state index contributed by atoms with van der Waals surface area (Å²) in [6.07, 6.45) is -2.36. The summed E-state index contributed by atoms with van der Waals surface area (Å²) in [6, 6.07) is -1.15. The molecule has 1 aromatic rings. The van der Waals surface area contributed by atoms with E-state index in [4.69, 9.17) is 0 Å². The minimum atomic E-state index is -4.52. The fourth-order valence-corrected chi connectivity index (χ4v) is 4.58. The van der Waals surface area contributed by atoms with Crippen LogP contribution in [0.1, 0.15) is 42.9 Å². The van der Waals surface area contributed by atoms with Crippen molar-refractivity contribution in [3.05, 3.63) is 16.1 Å². The first-order valence-corrected chi connectivity index (χ1v) is 8.83. The number of fused-ring (bicyclic) bond motifs is 1. The van der Waals surface area contributed by atoms with Crippen molar-refractivity contribution in [2.24, 2.45) is 11.3 Å². The largest absolute Gasteiger partial charge is 0.481 e. The second-order valence-electron chi connectivity index (χ2n) is 6.67. The Morgan fingerprint density at radius 3 is 2.80 bits per heavy atom. The number of carboxylic acid groups (broad SMARTS) is 1. The van der Waals surface area contributed by atoms with Crippen molar-refractivity contribution in [1.29, 1.82) is 0 Å². The van der Waals surface area contributed by atoms with E-state index in [2.05, 4.69) is 10.3 Å². The maximum absolute atomic E-state index is 12.6. The molecule has 1 aromatic heterocycles. The Kier molecular flexibility index (Phi) is 4.42. The Labute approximate surface area is 146 Å². The van der Waals surface area contributed by atoms with Crippen molar-refractivity contribution < 1.29 is 27.9 Å². The first kappa shape index (κ1) is 18.0. The van der Waals surface area contributed by atoms with Crippen LogP contribution in [0.3, 0.4) is 0 Å². The van der Waals surface area contributed by atoms with Crippen LogP contribution in [-0.4, -0.2) is 40.1 Å². The summed E-state index contributed by atoms with van der Waals surface area (Å²) in [5, 5.41) is 13.2. The number of carbonyl (C=O) groups is 2. The van der Waals surface area contributed by atoms with Gasteiger partial charge in [0.15, 0.2) is 5.69 Å². The fourth-order valence-electron chi connectivity index (χ4n) is 3.75. The molecule has 3 atom stereocenters. The molecule has 0 radical (unpaired) electrons. The van der Waals surface area contributed by atoms with Gasteiger partial charge in [0.25, 0.3) is 0 Å². The lowest BCUT2D eigenvalue weighted by molar-refractivity contribution is -0.149. The molecular weight excluding hydrogens is 359 g/mol. The van der Waals surface area contributed by atoms with Crippen LogP contribution in [0.2, 0.25) is 0 Å². The molecule has 0 spiro atoms. The third kappa shape index (κ3) is 3.19. The number of rotatable bonds is 3. The maximum atomic E-state index is 12.6. The Morgan fingerprint density at radius 2 is 2.24 bits per heavy atom. The van der Waals surface area contributed by atoms with Crippen LogP contribution in [0.15, 0.2) is 5.38 Å². The number of carbonyl (C=O) groups excluding carboxylic acids is 1. The summed E-state index contributed by atoms with van der Waals surface area (Å²) in [7, 11) is 0. The van der Waals surface area contributed by atoms with E-state index in [1.54, 1.807) is 6.92 Å². The average molecular weight is 377 g/mol. The highest BCUT2D eigenvalue weighted by atomic mass is 32.1. The zero-order chi connectivity index (χ0) is 18.4. The minimum absolute atomic E-state index is 0.0669. The van der Waals surface area contributed by atoms with E-state index < -0.39 is 35.3 Å². The minimum Gasteiger partial charge on any atom is -0.481 e. The second kappa shape index (κ2) is 6.15. The normalized spacial score (nSPS) is 27.2. The first-order chi connectivity index (χ1) is 11.6. The Morgan fingerprint density at radius 1 is 1.52 bits per heavy atom. The van der Waals surface area contributed by atoms with Crippen LogP contribution >= 0.6 is 11.3 Å². The van der Waals surface area contributed by atoms with Gasteiger partial charge < -0.3 is 15.3 Å². The van der Waals surface area contributed by atoms with Crippen LogP contribution < -0.4 is 5.32 Å². The average Bonchev–Trinajstić information content (AvgIpc) is 3.20. The number of urea groups is 1. The fraction of sp³-hybridized carbons (Fsp3) is 0.667. The molecule has 2 heterocycles. The molecule has 2 fully saturated rings. The Balaban J connectivity index is 1.65. The molecule has 3 rings (SSSR count). The molecule has 0 aromatic carbocycles. The smallest absolute Gasteiger partial charge is 0.434 e. The highest BCUT2D eigenvalue weighted by molar-refractivity contribution is 7.09. The summed E-state index contributed by atoms with van der Waals surface area (Å²) >= 11 is 0.831. The van der Waals surface area contributed by atoms with Crippen molar-refractivity contribution in [2.45, 2.75) is 38.4 Å². The van der Waals surface area contributed by atoms with E-state index in [1.807, 2.05) is 0 Å². The number of alkyl halides is 3. The highest BCUT2D eigenvalue weighted by Gasteiger charge is 2.55. The molecule has 2 N–H and O–H groups in total. The second-order valence-corrected chi connectivity index (χ2v) is 7.56. The number of likely N-dealkylation sites (tertiary alicyclic amines) is 1. The lowest BCUT2D eigenvalue weighted by Crippen LogP contribution is -2.42. The zero-order valence-corrected chi connectivity index (χ0v) is 14.3.